The molecule has 1 unspecified atom stereocenters. The molecule has 1 aliphatic heterocycles. The Morgan fingerprint density at radius 3 is 2.75 bits per heavy atom. The Hall–Kier alpha value is -0.930. The van der Waals surface area contributed by atoms with E-state index in [2.05, 4.69) is 31.2 Å². The molecule has 0 aliphatic carbocycles. The predicted octanol–water partition coefficient (Wildman–Crippen LogP) is 2.75. The third-order valence-corrected chi connectivity index (χ3v) is 3.58. The number of thioether (sulfide) groups is 1. The molecule has 0 saturated carbocycles. The van der Waals surface area contributed by atoms with Crippen molar-refractivity contribution in [3.63, 3.8) is 0 Å². The Kier molecular flexibility index (Phi) is 3.91. The van der Waals surface area contributed by atoms with Crippen molar-refractivity contribution in [2.75, 3.05) is 12.4 Å². The Bertz CT molecular complexity index is 370. The van der Waals surface area contributed by atoms with Crippen molar-refractivity contribution in [3.8, 4) is 0 Å². The lowest BCUT2D eigenvalue weighted by Crippen LogP contribution is -2.13. The Morgan fingerprint density at radius 2 is 2.12 bits per heavy atom. The van der Waals surface area contributed by atoms with Gasteiger partial charge in [0.15, 0.2) is 0 Å². The maximum absolute atomic E-state index is 9.85. The number of aliphatic hydroxyl groups excluding tert-OH is 1. The van der Waals surface area contributed by atoms with Crippen LogP contribution < -0.4 is 0 Å². The first-order valence-electron chi connectivity index (χ1n) is 5.46. The van der Waals surface area contributed by atoms with Crippen molar-refractivity contribution < 1.29 is 9.84 Å². The number of hydrogen-bond donors (Lipinski definition) is 1. The van der Waals surface area contributed by atoms with Gasteiger partial charge in [-0.3, -0.25) is 0 Å². The molecule has 3 heteroatoms. The Labute approximate surface area is 100 Å². The van der Waals surface area contributed by atoms with Crippen molar-refractivity contribution >= 4 is 11.8 Å². The average molecular weight is 236 g/mol. The minimum absolute atomic E-state index is 0.478. The molecule has 0 spiro atoms. The standard InChI is InChI=1S/C13H16O2S/c1-10-4-6-11(7-5-10)16-9-12(14)13-3-2-8-15-13/h3-7,12,14H,2,8-9H2,1H3. The summed E-state index contributed by atoms with van der Waals surface area (Å²) in [4.78, 5) is 1.18. The van der Waals surface area contributed by atoms with Crippen LogP contribution in [0.3, 0.4) is 0 Å². The minimum Gasteiger partial charge on any atom is -0.495 e. The average Bonchev–Trinajstić information content (AvgIpc) is 2.81. The molecular formula is C13H16O2S. The van der Waals surface area contributed by atoms with E-state index in [1.165, 1.54) is 10.5 Å². The van der Waals surface area contributed by atoms with Crippen LogP contribution in [0.1, 0.15) is 12.0 Å². The molecule has 1 N–H and O–H groups in total. The zero-order chi connectivity index (χ0) is 11.4. The molecule has 0 radical (unpaired) electrons. The molecule has 86 valence electrons. The topological polar surface area (TPSA) is 29.5 Å². The SMILES string of the molecule is Cc1ccc(SCC(O)C2=CCCO2)cc1. The first-order valence-corrected chi connectivity index (χ1v) is 6.44. The van der Waals surface area contributed by atoms with E-state index in [1.807, 2.05) is 6.08 Å². The van der Waals surface area contributed by atoms with Crippen LogP contribution in [0.25, 0.3) is 0 Å². The van der Waals surface area contributed by atoms with Crippen LogP contribution >= 0.6 is 11.8 Å². The summed E-state index contributed by atoms with van der Waals surface area (Å²) >= 11 is 1.65. The summed E-state index contributed by atoms with van der Waals surface area (Å²) in [5, 5.41) is 9.85. The molecule has 0 amide bonds. The van der Waals surface area contributed by atoms with Crippen LogP contribution in [0, 0.1) is 6.92 Å². The molecule has 1 atom stereocenters. The van der Waals surface area contributed by atoms with Gasteiger partial charge in [0.1, 0.15) is 11.9 Å². The third-order valence-electron chi connectivity index (χ3n) is 2.49. The molecule has 0 aromatic heterocycles. The fourth-order valence-corrected chi connectivity index (χ4v) is 2.40. The van der Waals surface area contributed by atoms with Gasteiger partial charge in [-0.2, -0.15) is 0 Å². The maximum Gasteiger partial charge on any atom is 0.121 e. The van der Waals surface area contributed by atoms with Gasteiger partial charge in [-0.05, 0) is 25.1 Å². The summed E-state index contributed by atoms with van der Waals surface area (Å²) in [7, 11) is 0. The Balaban J connectivity index is 1.84. The van der Waals surface area contributed by atoms with Gasteiger partial charge >= 0.3 is 0 Å². The second kappa shape index (κ2) is 5.41. The van der Waals surface area contributed by atoms with Gasteiger partial charge < -0.3 is 9.84 Å². The monoisotopic (exact) mass is 236 g/mol. The quantitative estimate of drug-likeness (QED) is 0.815. The lowest BCUT2D eigenvalue weighted by Gasteiger charge is -2.11. The van der Waals surface area contributed by atoms with E-state index in [9.17, 15) is 5.11 Å². The highest BCUT2D eigenvalue weighted by atomic mass is 32.2. The van der Waals surface area contributed by atoms with Gasteiger partial charge in [-0.15, -0.1) is 11.8 Å². The second-order valence-corrected chi connectivity index (χ2v) is 4.98. The first-order chi connectivity index (χ1) is 7.75. The van der Waals surface area contributed by atoms with Gasteiger partial charge in [-0.1, -0.05) is 17.7 Å². The number of rotatable bonds is 4. The number of benzene rings is 1. The van der Waals surface area contributed by atoms with Crippen LogP contribution in [-0.2, 0) is 4.74 Å². The van der Waals surface area contributed by atoms with Gasteiger partial charge in [0.2, 0.25) is 0 Å². The Morgan fingerprint density at radius 1 is 1.38 bits per heavy atom. The summed E-state index contributed by atoms with van der Waals surface area (Å²) in [5.41, 5.74) is 1.26. The minimum atomic E-state index is -0.478. The summed E-state index contributed by atoms with van der Waals surface area (Å²) in [6, 6.07) is 8.33. The highest BCUT2D eigenvalue weighted by Gasteiger charge is 2.15. The largest absolute Gasteiger partial charge is 0.495 e. The smallest absolute Gasteiger partial charge is 0.121 e. The molecule has 16 heavy (non-hydrogen) atoms. The predicted molar refractivity (Wildman–Crippen MR) is 66.6 cm³/mol. The van der Waals surface area contributed by atoms with Crippen molar-refractivity contribution in [2.24, 2.45) is 0 Å². The van der Waals surface area contributed by atoms with Crippen molar-refractivity contribution in [1.82, 2.24) is 0 Å². The van der Waals surface area contributed by atoms with Crippen molar-refractivity contribution in [2.45, 2.75) is 24.3 Å². The molecule has 0 saturated heterocycles. The van der Waals surface area contributed by atoms with Gasteiger partial charge in [0.25, 0.3) is 0 Å². The van der Waals surface area contributed by atoms with E-state index in [0.717, 1.165) is 12.2 Å². The number of ether oxygens (including phenoxy) is 1. The molecule has 1 aliphatic rings. The van der Waals surface area contributed by atoms with Crippen LogP contribution in [0.4, 0.5) is 0 Å². The number of aliphatic hydroxyl groups is 1. The van der Waals surface area contributed by atoms with E-state index >= 15 is 0 Å². The molecule has 2 rings (SSSR count). The molecule has 0 bridgehead atoms. The van der Waals surface area contributed by atoms with Crippen LogP contribution in [0.2, 0.25) is 0 Å². The van der Waals surface area contributed by atoms with Crippen LogP contribution in [0.15, 0.2) is 41.0 Å². The van der Waals surface area contributed by atoms with Gasteiger partial charge in [0.05, 0.1) is 6.61 Å². The first kappa shape index (κ1) is 11.6. The van der Waals surface area contributed by atoms with E-state index in [4.69, 9.17) is 4.74 Å². The molecular weight excluding hydrogens is 220 g/mol. The summed E-state index contributed by atoms with van der Waals surface area (Å²) in [6.07, 6.45) is 2.41. The highest BCUT2D eigenvalue weighted by molar-refractivity contribution is 7.99. The number of aryl methyl sites for hydroxylation is 1. The zero-order valence-electron chi connectivity index (χ0n) is 9.35. The normalized spacial score (nSPS) is 16.8. The van der Waals surface area contributed by atoms with Crippen molar-refractivity contribution in [1.29, 1.82) is 0 Å². The molecule has 2 nitrogen and oxygen atoms in total. The summed E-state index contributed by atoms with van der Waals surface area (Å²) in [5.74, 6) is 1.38. The zero-order valence-corrected chi connectivity index (χ0v) is 10.2. The highest BCUT2D eigenvalue weighted by Crippen LogP contribution is 2.23. The number of hydrogen-bond acceptors (Lipinski definition) is 3. The van der Waals surface area contributed by atoms with Crippen LogP contribution in [0.5, 0.6) is 0 Å². The molecule has 1 aromatic rings. The summed E-state index contributed by atoms with van der Waals surface area (Å²) in [6.45, 7) is 2.78. The van der Waals surface area contributed by atoms with Gasteiger partial charge in [0, 0.05) is 17.1 Å². The maximum atomic E-state index is 9.85. The fourth-order valence-electron chi connectivity index (χ4n) is 1.56. The van der Waals surface area contributed by atoms with Gasteiger partial charge in [-0.25, -0.2) is 0 Å². The molecule has 0 fully saturated rings. The van der Waals surface area contributed by atoms with E-state index in [-0.39, 0.29) is 0 Å². The molecule has 1 heterocycles. The lowest BCUT2D eigenvalue weighted by molar-refractivity contribution is 0.133. The lowest BCUT2D eigenvalue weighted by atomic mass is 10.2. The molecule has 1 aromatic carbocycles. The summed E-state index contributed by atoms with van der Waals surface area (Å²) < 4.78 is 5.32. The van der Waals surface area contributed by atoms with E-state index in [0.29, 0.717) is 12.4 Å². The second-order valence-electron chi connectivity index (χ2n) is 3.88. The van der Waals surface area contributed by atoms with Crippen LogP contribution in [-0.4, -0.2) is 23.6 Å². The van der Waals surface area contributed by atoms with E-state index < -0.39 is 6.10 Å². The van der Waals surface area contributed by atoms with Crippen molar-refractivity contribution in [3.05, 3.63) is 41.7 Å². The fraction of sp³-hybridized carbons (Fsp3) is 0.385. The van der Waals surface area contributed by atoms with E-state index in [1.54, 1.807) is 11.8 Å². The third kappa shape index (κ3) is 3.03.